The highest BCUT2D eigenvalue weighted by Gasteiger charge is 2.08. The van der Waals surface area contributed by atoms with Crippen LogP contribution in [0.4, 0.5) is 0 Å². The number of furan rings is 1. The highest BCUT2D eigenvalue weighted by atomic mass is 16.5. The summed E-state index contributed by atoms with van der Waals surface area (Å²) in [6.07, 6.45) is 5.19. The molecule has 0 saturated carbocycles. The Hall–Kier alpha value is -2.82. The van der Waals surface area contributed by atoms with Crippen molar-refractivity contribution < 1.29 is 18.7 Å². The molecule has 0 saturated heterocycles. The van der Waals surface area contributed by atoms with Crippen LogP contribution in [-0.2, 0) is 9.53 Å². The molecule has 114 valence electrons. The Labute approximate surface area is 128 Å². The van der Waals surface area contributed by atoms with Gasteiger partial charge >= 0.3 is 5.97 Å². The lowest BCUT2D eigenvalue weighted by atomic mass is 10.2. The third-order valence-corrected chi connectivity index (χ3v) is 2.81. The van der Waals surface area contributed by atoms with Gasteiger partial charge in [-0.3, -0.25) is 9.59 Å². The predicted octanol–water partition coefficient (Wildman–Crippen LogP) is 2.66. The van der Waals surface area contributed by atoms with Crippen LogP contribution >= 0.6 is 0 Å². The second-order valence-electron chi connectivity index (χ2n) is 4.48. The molecule has 1 N–H and O–H groups in total. The molecule has 2 rings (SSSR count). The Morgan fingerprint density at radius 3 is 2.68 bits per heavy atom. The van der Waals surface area contributed by atoms with Gasteiger partial charge in [0.15, 0.2) is 5.76 Å². The van der Waals surface area contributed by atoms with Gasteiger partial charge in [-0.05, 0) is 23.8 Å². The van der Waals surface area contributed by atoms with Crippen LogP contribution in [0, 0.1) is 0 Å². The molecule has 0 unspecified atom stereocenters. The van der Waals surface area contributed by atoms with Gasteiger partial charge in [-0.15, -0.1) is 0 Å². The Morgan fingerprint density at radius 1 is 1.14 bits per heavy atom. The van der Waals surface area contributed by atoms with Gasteiger partial charge in [0, 0.05) is 6.54 Å². The van der Waals surface area contributed by atoms with Crippen molar-refractivity contribution in [2.24, 2.45) is 0 Å². The number of amides is 1. The zero-order valence-electron chi connectivity index (χ0n) is 12.0. The van der Waals surface area contributed by atoms with Crippen molar-refractivity contribution >= 4 is 18.0 Å². The van der Waals surface area contributed by atoms with Gasteiger partial charge in [0.1, 0.15) is 6.61 Å². The largest absolute Gasteiger partial charge is 0.461 e. The second kappa shape index (κ2) is 8.46. The van der Waals surface area contributed by atoms with E-state index in [4.69, 9.17) is 9.15 Å². The van der Waals surface area contributed by atoms with E-state index in [9.17, 15) is 9.59 Å². The van der Waals surface area contributed by atoms with Crippen molar-refractivity contribution in [2.45, 2.75) is 6.42 Å². The summed E-state index contributed by atoms with van der Waals surface area (Å²) < 4.78 is 9.97. The molecular formula is C17H17NO4. The van der Waals surface area contributed by atoms with Crippen LogP contribution in [0.3, 0.4) is 0 Å². The first-order chi connectivity index (χ1) is 10.8. The molecule has 1 aromatic heterocycles. The lowest BCUT2D eigenvalue weighted by Crippen LogP contribution is -2.26. The van der Waals surface area contributed by atoms with Crippen molar-refractivity contribution in [3.8, 4) is 0 Å². The Balaban J connectivity index is 1.60. The summed E-state index contributed by atoms with van der Waals surface area (Å²) in [5.74, 6) is -0.488. The molecule has 1 amide bonds. The Kier molecular flexibility index (Phi) is 5.99. The highest BCUT2D eigenvalue weighted by Crippen LogP contribution is 2.01. The summed E-state index contributed by atoms with van der Waals surface area (Å²) in [6.45, 7) is 0.417. The molecular weight excluding hydrogens is 282 g/mol. The average Bonchev–Trinajstić information content (AvgIpc) is 3.07. The van der Waals surface area contributed by atoms with Crippen LogP contribution in [0.2, 0.25) is 0 Å². The fraction of sp³-hybridized carbons (Fsp3) is 0.176. The maximum absolute atomic E-state index is 11.5. The molecule has 22 heavy (non-hydrogen) atoms. The van der Waals surface area contributed by atoms with Gasteiger partial charge < -0.3 is 14.5 Å². The lowest BCUT2D eigenvalue weighted by molar-refractivity contribution is -0.142. The monoisotopic (exact) mass is 299 g/mol. The smallest absolute Gasteiger partial charge is 0.307 e. The van der Waals surface area contributed by atoms with Gasteiger partial charge in [-0.2, -0.15) is 0 Å². The van der Waals surface area contributed by atoms with Crippen molar-refractivity contribution in [3.05, 3.63) is 66.1 Å². The molecule has 0 spiro atoms. The van der Waals surface area contributed by atoms with Crippen molar-refractivity contribution in [1.82, 2.24) is 5.32 Å². The molecule has 5 nitrogen and oxygen atoms in total. The topological polar surface area (TPSA) is 68.5 Å². The molecule has 2 aromatic rings. The molecule has 0 radical (unpaired) electrons. The minimum Gasteiger partial charge on any atom is -0.461 e. The van der Waals surface area contributed by atoms with E-state index in [0.717, 1.165) is 5.56 Å². The summed E-state index contributed by atoms with van der Waals surface area (Å²) in [6, 6.07) is 12.9. The number of carbonyl (C=O) groups is 2. The summed E-state index contributed by atoms with van der Waals surface area (Å²) in [4.78, 5) is 23.0. The van der Waals surface area contributed by atoms with Crippen molar-refractivity contribution in [2.75, 3.05) is 13.2 Å². The first-order valence-electron chi connectivity index (χ1n) is 6.94. The van der Waals surface area contributed by atoms with Gasteiger partial charge in [-0.1, -0.05) is 36.4 Å². The number of benzene rings is 1. The third kappa shape index (κ3) is 5.28. The third-order valence-electron chi connectivity index (χ3n) is 2.81. The quantitative estimate of drug-likeness (QED) is 0.798. The molecule has 0 aliphatic carbocycles. The molecule has 5 heteroatoms. The van der Waals surface area contributed by atoms with Gasteiger partial charge in [0.25, 0.3) is 5.91 Å². The van der Waals surface area contributed by atoms with E-state index >= 15 is 0 Å². The molecule has 0 atom stereocenters. The molecule has 1 heterocycles. The lowest BCUT2D eigenvalue weighted by Gasteiger charge is -2.03. The van der Waals surface area contributed by atoms with Crippen LogP contribution in [0.1, 0.15) is 22.5 Å². The van der Waals surface area contributed by atoms with Crippen LogP contribution < -0.4 is 5.32 Å². The van der Waals surface area contributed by atoms with E-state index < -0.39 is 0 Å². The normalized spacial score (nSPS) is 10.5. The molecule has 1 aromatic carbocycles. The van der Waals surface area contributed by atoms with Gasteiger partial charge in [0.05, 0.1) is 12.7 Å². The van der Waals surface area contributed by atoms with Crippen LogP contribution in [0.25, 0.3) is 6.08 Å². The van der Waals surface area contributed by atoms with Crippen molar-refractivity contribution in [1.29, 1.82) is 0 Å². The minimum atomic E-state index is -0.363. The number of ether oxygens (including phenoxy) is 1. The number of rotatable bonds is 7. The SMILES string of the molecule is O=C(CCNC(=O)c1ccco1)OCC=Cc1ccccc1. The highest BCUT2D eigenvalue weighted by molar-refractivity contribution is 5.91. The molecule has 0 aliphatic rings. The van der Waals surface area contributed by atoms with E-state index in [1.54, 1.807) is 18.2 Å². The number of hydrogen-bond acceptors (Lipinski definition) is 4. The van der Waals surface area contributed by atoms with Crippen LogP contribution in [-0.4, -0.2) is 25.0 Å². The van der Waals surface area contributed by atoms with E-state index in [0.29, 0.717) is 0 Å². The van der Waals surface area contributed by atoms with E-state index in [1.807, 2.05) is 36.4 Å². The predicted molar refractivity (Wildman–Crippen MR) is 82.1 cm³/mol. The fourth-order valence-corrected chi connectivity index (χ4v) is 1.73. The minimum absolute atomic E-state index is 0.117. The van der Waals surface area contributed by atoms with E-state index in [-0.39, 0.29) is 37.2 Å². The molecule has 0 bridgehead atoms. The van der Waals surface area contributed by atoms with Gasteiger partial charge in [-0.25, -0.2) is 0 Å². The zero-order chi connectivity index (χ0) is 15.6. The maximum atomic E-state index is 11.5. The van der Waals surface area contributed by atoms with E-state index in [1.165, 1.54) is 6.26 Å². The standard InChI is InChI=1S/C17H17NO4/c19-16(10-11-18-17(20)15-9-5-12-21-15)22-13-4-8-14-6-2-1-3-7-14/h1-9,12H,10-11,13H2,(H,18,20). The first-order valence-corrected chi connectivity index (χ1v) is 6.94. The summed E-state index contributed by atoms with van der Waals surface area (Å²) in [5, 5.41) is 2.58. The first kappa shape index (κ1) is 15.6. The van der Waals surface area contributed by atoms with Crippen LogP contribution in [0.5, 0.6) is 0 Å². The number of hydrogen-bond donors (Lipinski definition) is 1. The Morgan fingerprint density at radius 2 is 1.95 bits per heavy atom. The summed E-state index contributed by atoms with van der Waals surface area (Å²) >= 11 is 0. The molecule has 0 aliphatic heterocycles. The molecule has 0 fully saturated rings. The Bertz CT molecular complexity index is 617. The number of carbonyl (C=O) groups excluding carboxylic acids is 2. The van der Waals surface area contributed by atoms with Crippen LogP contribution in [0.15, 0.2) is 59.2 Å². The zero-order valence-corrected chi connectivity index (χ0v) is 12.0. The average molecular weight is 299 g/mol. The van der Waals surface area contributed by atoms with Crippen molar-refractivity contribution in [3.63, 3.8) is 0 Å². The number of nitrogens with one attached hydrogen (secondary N) is 1. The summed E-state index contributed by atoms with van der Waals surface area (Å²) in [5.41, 5.74) is 1.05. The summed E-state index contributed by atoms with van der Waals surface area (Å²) in [7, 11) is 0. The maximum Gasteiger partial charge on any atom is 0.307 e. The van der Waals surface area contributed by atoms with E-state index in [2.05, 4.69) is 5.32 Å². The number of esters is 1. The fourth-order valence-electron chi connectivity index (χ4n) is 1.73. The second-order valence-corrected chi connectivity index (χ2v) is 4.48. The van der Waals surface area contributed by atoms with Gasteiger partial charge in [0.2, 0.25) is 0 Å².